The largest absolute Gasteiger partial charge is 0.354 e. The maximum Gasteiger partial charge on any atom is 0.259 e. The first-order valence-electron chi connectivity index (χ1n) is 6.68. The molecule has 2 heterocycles. The molecule has 6 nitrogen and oxygen atoms in total. The van der Waals surface area contributed by atoms with Gasteiger partial charge >= 0.3 is 0 Å². The van der Waals surface area contributed by atoms with Crippen molar-refractivity contribution in [1.29, 1.82) is 0 Å². The van der Waals surface area contributed by atoms with Crippen LogP contribution in [0.5, 0.6) is 0 Å². The van der Waals surface area contributed by atoms with Crippen molar-refractivity contribution in [2.24, 2.45) is 0 Å². The molecule has 1 saturated heterocycles. The Morgan fingerprint density at radius 3 is 3.10 bits per heavy atom. The Labute approximate surface area is 121 Å². The SMILES string of the molecule is O=C1CN(CC#Cc2cccc3nc[nH]c(=O)c23)CCN1. The van der Waals surface area contributed by atoms with Crippen molar-refractivity contribution in [3.8, 4) is 11.8 Å². The van der Waals surface area contributed by atoms with Crippen LogP contribution >= 0.6 is 0 Å². The molecule has 1 fully saturated rings. The van der Waals surface area contributed by atoms with Gasteiger partial charge in [0.15, 0.2) is 0 Å². The molecule has 3 rings (SSSR count). The van der Waals surface area contributed by atoms with Crippen molar-refractivity contribution in [1.82, 2.24) is 20.2 Å². The summed E-state index contributed by atoms with van der Waals surface area (Å²) in [4.78, 5) is 31.8. The van der Waals surface area contributed by atoms with Crippen LogP contribution in [0, 0.1) is 11.8 Å². The highest BCUT2D eigenvalue weighted by Gasteiger charge is 2.14. The van der Waals surface area contributed by atoms with E-state index in [2.05, 4.69) is 27.1 Å². The highest BCUT2D eigenvalue weighted by molar-refractivity contribution is 5.83. The van der Waals surface area contributed by atoms with Gasteiger partial charge in [-0.15, -0.1) is 0 Å². The Hall–Kier alpha value is -2.65. The fourth-order valence-electron chi connectivity index (χ4n) is 2.30. The number of rotatable bonds is 1. The minimum absolute atomic E-state index is 0.0221. The molecule has 0 bridgehead atoms. The topological polar surface area (TPSA) is 78.1 Å². The molecular weight excluding hydrogens is 268 g/mol. The number of nitrogens with zero attached hydrogens (tertiary/aromatic N) is 2. The number of nitrogens with one attached hydrogen (secondary N) is 2. The Morgan fingerprint density at radius 2 is 2.24 bits per heavy atom. The third kappa shape index (κ3) is 2.93. The molecule has 0 spiro atoms. The first kappa shape index (κ1) is 13.3. The highest BCUT2D eigenvalue weighted by Crippen LogP contribution is 2.10. The number of amides is 1. The lowest BCUT2D eigenvalue weighted by molar-refractivity contribution is -0.123. The minimum atomic E-state index is -0.192. The smallest absolute Gasteiger partial charge is 0.259 e. The second-order valence-electron chi connectivity index (χ2n) is 4.79. The molecule has 0 atom stereocenters. The zero-order valence-corrected chi connectivity index (χ0v) is 11.3. The van der Waals surface area contributed by atoms with Crippen LogP contribution in [-0.2, 0) is 4.79 Å². The van der Waals surface area contributed by atoms with Gasteiger partial charge in [0.2, 0.25) is 5.91 Å². The number of piperazine rings is 1. The average molecular weight is 282 g/mol. The lowest BCUT2D eigenvalue weighted by Gasteiger charge is -2.24. The molecule has 1 amide bonds. The Kier molecular flexibility index (Phi) is 3.67. The van der Waals surface area contributed by atoms with Crippen molar-refractivity contribution < 1.29 is 4.79 Å². The van der Waals surface area contributed by atoms with Crippen molar-refractivity contribution >= 4 is 16.8 Å². The van der Waals surface area contributed by atoms with E-state index in [1.807, 2.05) is 11.0 Å². The molecular formula is C15H14N4O2. The predicted octanol–water partition coefficient (Wildman–Crippen LogP) is -0.294. The fraction of sp³-hybridized carbons (Fsp3) is 0.267. The summed E-state index contributed by atoms with van der Waals surface area (Å²) in [5.74, 6) is 6.06. The number of carbonyl (C=O) groups is 1. The average Bonchev–Trinajstić information content (AvgIpc) is 2.48. The van der Waals surface area contributed by atoms with Crippen LogP contribution in [0.1, 0.15) is 5.56 Å². The molecule has 21 heavy (non-hydrogen) atoms. The maximum atomic E-state index is 11.9. The van der Waals surface area contributed by atoms with Crippen LogP contribution in [0.15, 0.2) is 29.3 Å². The van der Waals surface area contributed by atoms with Crippen molar-refractivity contribution in [2.75, 3.05) is 26.2 Å². The van der Waals surface area contributed by atoms with E-state index >= 15 is 0 Å². The van der Waals surface area contributed by atoms with E-state index in [4.69, 9.17) is 0 Å². The van der Waals surface area contributed by atoms with Crippen LogP contribution in [-0.4, -0.2) is 47.0 Å². The second kappa shape index (κ2) is 5.77. The molecule has 2 aromatic rings. The number of aromatic nitrogens is 2. The molecule has 1 aliphatic heterocycles. The van der Waals surface area contributed by atoms with E-state index < -0.39 is 0 Å². The first-order chi connectivity index (χ1) is 10.2. The van der Waals surface area contributed by atoms with E-state index in [1.54, 1.807) is 12.1 Å². The summed E-state index contributed by atoms with van der Waals surface area (Å²) in [6.07, 6.45) is 1.38. The van der Waals surface area contributed by atoms with Gasteiger partial charge in [-0.25, -0.2) is 4.98 Å². The fourth-order valence-corrected chi connectivity index (χ4v) is 2.30. The number of H-pyrrole nitrogens is 1. The van der Waals surface area contributed by atoms with Crippen LogP contribution in [0.4, 0.5) is 0 Å². The van der Waals surface area contributed by atoms with E-state index in [0.29, 0.717) is 36.1 Å². The van der Waals surface area contributed by atoms with Crippen molar-refractivity contribution in [3.05, 3.63) is 40.4 Å². The summed E-state index contributed by atoms with van der Waals surface area (Å²) in [5.41, 5.74) is 1.09. The normalized spacial score (nSPS) is 15.3. The van der Waals surface area contributed by atoms with Crippen molar-refractivity contribution in [3.63, 3.8) is 0 Å². The van der Waals surface area contributed by atoms with E-state index in [0.717, 1.165) is 6.54 Å². The number of hydrogen-bond acceptors (Lipinski definition) is 4. The number of aromatic amines is 1. The monoisotopic (exact) mass is 282 g/mol. The second-order valence-corrected chi connectivity index (χ2v) is 4.79. The Morgan fingerprint density at radius 1 is 1.33 bits per heavy atom. The summed E-state index contributed by atoms with van der Waals surface area (Å²) in [6, 6.07) is 5.41. The summed E-state index contributed by atoms with van der Waals surface area (Å²) in [5, 5.41) is 3.27. The van der Waals surface area contributed by atoms with Gasteiger partial charge < -0.3 is 10.3 Å². The zero-order chi connectivity index (χ0) is 14.7. The summed E-state index contributed by atoms with van der Waals surface area (Å²) >= 11 is 0. The molecule has 0 radical (unpaired) electrons. The van der Waals surface area contributed by atoms with Crippen molar-refractivity contribution in [2.45, 2.75) is 0 Å². The number of fused-ring (bicyclic) bond motifs is 1. The molecule has 1 aliphatic rings. The molecule has 0 saturated carbocycles. The third-order valence-electron chi connectivity index (χ3n) is 3.31. The van der Waals surface area contributed by atoms with Crippen LogP contribution in [0.3, 0.4) is 0 Å². The quantitative estimate of drug-likeness (QED) is 0.704. The Balaban J connectivity index is 1.84. The molecule has 6 heteroatoms. The van der Waals surface area contributed by atoms with Gasteiger partial charge in [-0.1, -0.05) is 17.9 Å². The van der Waals surface area contributed by atoms with Gasteiger partial charge in [0.25, 0.3) is 5.56 Å². The van der Waals surface area contributed by atoms with E-state index in [1.165, 1.54) is 6.33 Å². The van der Waals surface area contributed by atoms with Crippen LogP contribution in [0.25, 0.3) is 10.9 Å². The van der Waals surface area contributed by atoms with Gasteiger partial charge in [0, 0.05) is 18.7 Å². The number of hydrogen-bond donors (Lipinski definition) is 2. The molecule has 1 aromatic carbocycles. The third-order valence-corrected chi connectivity index (χ3v) is 3.31. The van der Waals surface area contributed by atoms with Crippen LogP contribution < -0.4 is 10.9 Å². The molecule has 0 aliphatic carbocycles. The lowest BCUT2D eigenvalue weighted by atomic mass is 10.1. The van der Waals surface area contributed by atoms with Gasteiger partial charge in [-0.3, -0.25) is 14.5 Å². The first-order valence-corrected chi connectivity index (χ1v) is 6.68. The summed E-state index contributed by atoms with van der Waals surface area (Å²) in [6.45, 7) is 2.31. The molecule has 106 valence electrons. The summed E-state index contributed by atoms with van der Waals surface area (Å²) < 4.78 is 0. The lowest BCUT2D eigenvalue weighted by Crippen LogP contribution is -2.47. The Bertz CT molecular complexity index is 795. The van der Waals surface area contributed by atoms with Gasteiger partial charge in [0.05, 0.1) is 30.3 Å². The van der Waals surface area contributed by atoms with Crippen LogP contribution in [0.2, 0.25) is 0 Å². The van der Waals surface area contributed by atoms with Gasteiger partial charge in [0.1, 0.15) is 0 Å². The number of carbonyl (C=O) groups excluding carboxylic acids is 1. The summed E-state index contributed by atoms with van der Waals surface area (Å²) in [7, 11) is 0. The predicted molar refractivity (Wildman–Crippen MR) is 78.7 cm³/mol. The standard InChI is InChI=1S/C15H14N4O2/c20-13-9-19(8-6-16-13)7-2-4-11-3-1-5-12-14(11)15(21)18-10-17-12/h1,3,5,10H,6-9H2,(H,16,20)(H,17,18,21). The van der Waals surface area contributed by atoms with Gasteiger partial charge in [-0.2, -0.15) is 0 Å². The molecule has 2 N–H and O–H groups in total. The van der Waals surface area contributed by atoms with Gasteiger partial charge in [-0.05, 0) is 12.1 Å². The minimum Gasteiger partial charge on any atom is -0.354 e. The molecule has 1 aromatic heterocycles. The van der Waals surface area contributed by atoms with E-state index in [-0.39, 0.29) is 11.5 Å². The van der Waals surface area contributed by atoms with E-state index in [9.17, 15) is 9.59 Å². The zero-order valence-electron chi connectivity index (χ0n) is 11.3. The maximum absolute atomic E-state index is 11.9. The number of benzene rings is 1. The highest BCUT2D eigenvalue weighted by atomic mass is 16.2. The molecule has 0 unspecified atom stereocenters.